The first-order valence-electron chi connectivity index (χ1n) is 8.28. The first-order valence-corrected chi connectivity index (χ1v) is 8.28. The lowest BCUT2D eigenvalue weighted by molar-refractivity contribution is 0.0660. The van der Waals surface area contributed by atoms with Crippen LogP contribution in [0.1, 0.15) is 48.4 Å². The molecule has 122 valence electrons. The van der Waals surface area contributed by atoms with Gasteiger partial charge in [0.2, 0.25) is 0 Å². The van der Waals surface area contributed by atoms with E-state index in [9.17, 15) is 4.79 Å². The van der Waals surface area contributed by atoms with Crippen molar-refractivity contribution in [3.05, 3.63) is 54.0 Å². The van der Waals surface area contributed by atoms with Crippen molar-refractivity contribution < 1.29 is 13.9 Å². The molecule has 1 aliphatic rings. The number of furan rings is 1. The number of ether oxygens (including phenoxy) is 1. The molecule has 1 aliphatic carbocycles. The highest BCUT2D eigenvalue weighted by Crippen LogP contribution is 2.23. The normalized spacial score (nSPS) is 15.3. The molecule has 0 aliphatic heterocycles. The molecule has 23 heavy (non-hydrogen) atoms. The van der Waals surface area contributed by atoms with Crippen molar-refractivity contribution in [3.63, 3.8) is 0 Å². The first kappa shape index (κ1) is 15.7. The summed E-state index contributed by atoms with van der Waals surface area (Å²) in [6.07, 6.45) is 5.87. The van der Waals surface area contributed by atoms with Crippen LogP contribution in [0.2, 0.25) is 0 Å². The Morgan fingerprint density at radius 2 is 1.87 bits per heavy atom. The van der Waals surface area contributed by atoms with Gasteiger partial charge in [0.05, 0.1) is 0 Å². The molecule has 0 radical (unpaired) electrons. The van der Waals surface area contributed by atoms with Crippen molar-refractivity contribution in [2.45, 2.75) is 44.8 Å². The molecule has 4 nitrogen and oxygen atoms in total. The molecule has 1 heterocycles. The largest absolute Gasteiger partial charge is 0.486 e. The Morgan fingerprint density at radius 3 is 2.61 bits per heavy atom. The molecule has 0 atom stereocenters. The summed E-state index contributed by atoms with van der Waals surface area (Å²) in [6.45, 7) is 0.324. The Hall–Kier alpha value is -2.23. The monoisotopic (exact) mass is 313 g/mol. The van der Waals surface area contributed by atoms with Gasteiger partial charge < -0.3 is 14.1 Å². The van der Waals surface area contributed by atoms with Crippen LogP contribution in [0.3, 0.4) is 0 Å². The van der Waals surface area contributed by atoms with Crippen molar-refractivity contribution in [2.75, 3.05) is 7.05 Å². The average Bonchev–Trinajstić information content (AvgIpc) is 3.09. The van der Waals surface area contributed by atoms with E-state index >= 15 is 0 Å². The van der Waals surface area contributed by atoms with Crippen molar-refractivity contribution >= 4 is 5.91 Å². The number of hydrogen-bond donors (Lipinski definition) is 0. The van der Waals surface area contributed by atoms with Gasteiger partial charge in [-0.15, -0.1) is 0 Å². The number of amides is 1. The second-order valence-corrected chi connectivity index (χ2v) is 6.08. The van der Waals surface area contributed by atoms with Crippen LogP contribution < -0.4 is 4.74 Å². The molecule has 0 spiro atoms. The zero-order chi connectivity index (χ0) is 16.1. The maximum absolute atomic E-state index is 12.5. The minimum atomic E-state index is -0.0390. The summed E-state index contributed by atoms with van der Waals surface area (Å²) in [4.78, 5) is 14.4. The quantitative estimate of drug-likeness (QED) is 0.828. The highest BCUT2D eigenvalue weighted by atomic mass is 16.5. The molecule has 0 N–H and O–H groups in total. The SMILES string of the molecule is CN(C(=O)c1ccc(COc2ccccc2)o1)C1CCCCC1. The minimum absolute atomic E-state index is 0.0390. The Morgan fingerprint density at radius 1 is 1.13 bits per heavy atom. The highest BCUT2D eigenvalue weighted by molar-refractivity contribution is 5.91. The molecule has 0 bridgehead atoms. The van der Waals surface area contributed by atoms with E-state index in [4.69, 9.17) is 9.15 Å². The van der Waals surface area contributed by atoms with E-state index in [0.717, 1.165) is 18.6 Å². The molecule has 0 unspecified atom stereocenters. The van der Waals surface area contributed by atoms with Crippen molar-refractivity contribution in [1.82, 2.24) is 4.90 Å². The van der Waals surface area contributed by atoms with Gasteiger partial charge in [0.1, 0.15) is 18.1 Å². The summed E-state index contributed by atoms with van der Waals surface area (Å²) >= 11 is 0. The van der Waals surface area contributed by atoms with Crippen LogP contribution in [-0.4, -0.2) is 23.9 Å². The maximum atomic E-state index is 12.5. The zero-order valence-corrected chi connectivity index (χ0v) is 13.5. The van der Waals surface area contributed by atoms with E-state index in [1.807, 2.05) is 48.3 Å². The Bertz CT molecular complexity index is 629. The van der Waals surface area contributed by atoms with Crippen LogP contribution in [0.4, 0.5) is 0 Å². The fourth-order valence-corrected chi connectivity index (χ4v) is 3.05. The van der Waals surface area contributed by atoms with Gasteiger partial charge >= 0.3 is 0 Å². The van der Waals surface area contributed by atoms with Gasteiger partial charge in [-0.3, -0.25) is 4.79 Å². The lowest BCUT2D eigenvalue weighted by atomic mass is 9.94. The molecule has 1 fully saturated rings. The van der Waals surface area contributed by atoms with Crippen molar-refractivity contribution in [1.29, 1.82) is 0 Å². The predicted octanol–water partition coefficient (Wildman–Crippen LogP) is 4.26. The molecule has 2 aromatic rings. The third-order valence-electron chi connectivity index (χ3n) is 4.44. The van der Waals surface area contributed by atoms with E-state index in [0.29, 0.717) is 24.2 Å². The summed E-state index contributed by atoms with van der Waals surface area (Å²) in [5.74, 6) is 1.80. The Balaban J connectivity index is 1.58. The van der Waals surface area contributed by atoms with Crippen LogP contribution in [0.15, 0.2) is 46.9 Å². The van der Waals surface area contributed by atoms with E-state index in [2.05, 4.69) is 0 Å². The Labute approximate surface area is 137 Å². The summed E-state index contributed by atoms with van der Waals surface area (Å²) < 4.78 is 11.3. The second kappa shape index (κ2) is 7.36. The van der Waals surface area contributed by atoms with E-state index in [-0.39, 0.29) is 5.91 Å². The molecule has 4 heteroatoms. The Kier molecular flexibility index (Phi) is 5.01. The lowest BCUT2D eigenvalue weighted by Gasteiger charge is -2.30. The zero-order valence-electron chi connectivity index (χ0n) is 13.5. The number of carbonyl (C=O) groups is 1. The molecule has 3 rings (SSSR count). The van der Waals surface area contributed by atoms with Gasteiger partial charge in [0.25, 0.3) is 5.91 Å². The number of carbonyl (C=O) groups excluding carboxylic acids is 1. The molecule has 1 aromatic carbocycles. The molecule has 1 amide bonds. The summed E-state index contributed by atoms with van der Waals surface area (Å²) in [7, 11) is 1.88. The van der Waals surface area contributed by atoms with E-state index in [1.165, 1.54) is 19.3 Å². The van der Waals surface area contributed by atoms with Gasteiger partial charge in [-0.05, 0) is 37.1 Å². The first-order chi connectivity index (χ1) is 11.2. The second-order valence-electron chi connectivity index (χ2n) is 6.08. The van der Waals surface area contributed by atoms with Gasteiger partial charge in [-0.1, -0.05) is 37.5 Å². The van der Waals surface area contributed by atoms with Crippen molar-refractivity contribution in [3.8, 4) is 5.75 Å². The van der Waals surface area contributed by atoms with E-state index < -0.39 is 0 Å². The summed E-state index contributed by atoms with van der Waals surface area (Å²) in [5.41, 5.74) is 0. The molecule has 1 saturated carbocycles. The smallest absolute Gasteiger partial charge is 0.289 e. The van der Waals surface area contributed by atoms with Crippen molar-refractivity contribution in [2.24, 2.45) is 0 Å². The maximum Gasteiger partial charge on any atom is 0.289 e. The fraction of sp³-hybridized carbons (Fsp3) is 0.421. The van der Waals surface area contributed by atoms with Crippen LogP contribution in [0.25, 0.3) is 0 Å². The number of benzene rings is 1. The third-order valence-corrected chi connectivity index (χ3v) is 4.44. The average molecular weight is 313 g/mol. The predicted molar refractivity (Wildman–Crippen MR) is 88.4 cm³/mol. The van der Waals surface area contributed by atoms with Crippen LogP contribution >= 0.6 is 0 Å². The minimum Gasteiger partial charge on any atom is -0.486 e. The number of nitrogens with zero attached hydrogens (tertiary/aromatic N) is 1. The van der Waals surface area contributed by atoms with Crippen LogP contribution in [-0.2, 0) is 6.61 Å². The van der Waals surface area contributed by atoms with Gasteiger partial charge in [-0.25, -0.2) is 0 Å². The third kappa shape index (κ3) is 3.95. The summed E-state index contributed by atoms with van der Waals surface area (Å²) in [6, 6.07) is 13.5. The number of hydrogen-bond acceptors (Lipinski definition) is 3. The molecular formula is C19H23NO3. The van der Waals surface area contributed by atoms with E-state index in [1.54, 1.807) is 6.07 Å². The fourth-order valence-electron chi connectivity index (χ4n) is 3.05. The van der Waals surface area contributed by atoms with Crippen LogP contribution in [0, 0.1) is 0 Å². The number of rotatable bonds is 5. The van der Waals surface area contributed by atoms with Gasteiger partial charge in [0, 0.05) is 13.1 Å². The lowest BCUT2D eigenvalue weighted by Crippen LogP contribution is -2.38. The molecular weight excluding hydrogens is 290 g/mol. The molecule has 0 saturated heterocycles. The highest BCUT2D eigenvalue weighted by Gasteiger charge is 2.24. The van der Waals surface area contributed by atoms with Gasteiger partial charge in [0.15, 0.2) is 5.76 Å². The number of para-hydroxylation sites is 1. The topological polar surface area (TPSA) is 42.7 Å². The standard InChI is InChI=1S/C19H23NO3/c1-20(15-8-4-2-5-9-15)19(21)18-13-12-17(23-18)14-22-16-10-6-3-7-11-16/h3,6-7,10-13,15H,2,4-5,8-9,14H2,1H3. The summed E-state index contributed by atoms with van der Waals surface area (Å²) in [5, 5.41) is 0. The van der Waals surface area contributed by atoms with Crippen LogP contribution in [0.5, 0.6) is 5.75 Å². The van der Waals surface area contributed by atoms with Gasteiger partial charge in [-0.2, -0.15) is 0 Å². The molecule has 1 aromatic heterocycles.